The smallest absolute Gasteiger partial charge is 0.232 e. The van der Waals surface area contributed by atoms with Gasteiger partial charge in [-0.2, -0.15) is 0 Å². The van der Waals surface area contributed by atoms with Crippen LogP contribution >= 0.6 is 11.6 Å². The fraction of sp³-hybridized carbons (Fsp3) is 0.316. The fourth-order valence-corrected chi connectivity index (χ4v) is 3.95. The van der Waals surface area contributed by atoms with Gasteiger partial charge in [0.1, 0.15) is 24.8 Å². The lowest BCUT2D eigenvalue weighted by atomic mass is 10.1. The number of carbonyl (C=O) groups is 1. The maximum absolute atomic E-state index is 13.5. The van der Waals surface area contributed by atoms with Gasteiger partial charge >= 0.3 is 0 Å². The van der Waals surface area contributed by atoms with E-state index in [2.05, 4.69) is 5.32 Å². The van der Waals surface area contributed by atoms with Crippen LogP contribution in [0.4, 0.5) is 4.39 Å². The summed E-state index contributed by atoms with van der Waals surface area (Å²) in [4.78, 5) is 12.0. The van der Waals surface area contributed by atoms with Gasteiger partial charge in [-0.3, -0.25) is 9.00 Å². The van der Waals surface area contributed by atoms with E-state index < -0.39 is 10.8 Å². The number of amides is 1. The molecule has 8 heteroatoms. The third kappa shape index (κ3) is 5.20. The molecule has 0 spiro atoms. The number of hydrogen-bond donors (Lipinski definition) is 1. The molecule has 2 aromatic rings. The van der Waals surface area contributed by atoms with Gasteiger partial charge in [0.25, 0.3) is 0 Å². The Morgan fingerprint density at radius 2 is 2.00 bits per heavy atom. The van der Waals surface area contributed by atoms with Crippen molar-refractivity contribution in [3.05, 3.63) is 57.9 Å². The van der Waals surface area contributed by atoms with Gasteiger partial charge in [0, 0.05) is 23.1 Å². The number of hydrogen-bond acceptors (Lipinski definition) is 4. The molecule has 1 amide bonds. The van der Waals surface area contributed by atoms with Crippen molar-refractivity contribution in [3.63, 3.8) is 0 Å². The molecule has 144 valence electrons. The Labute approximate surface area is 164 Å². The third-order valence-electron chi connectivity index (χ3n) is 4.00. The molecular weight excluding hydrogens is 393 g/mol. The molecule has 5 nitrogen and oxygen atoms in total. The zero-order valence-corrected chi connectivity index (χ0v) is 16.3. The zero-order valence-electron chi connectivity index (χ0n) is 14.7. The minimum absolute atomic E-state index is 0.152. The standard InChI is InChI=1S/C19H19ClFNO4S/c1-12-2-3-13(7-16(12)21)9-22-18(23)11-27(24)10-14-6-15(20)19-17(8-14)25-4-5-26-19/h2-3,6-8H,4-5,9-11H2,1H3,(H,22,23)/t27-/m0/s1. The Bertz CT molecular complexity index is 890. The molecule has 0 saturated heterocycles. The van der Waals surface area contributed by atoms with Crippen LogP contribution < -0.4 is 14.8 Å². The van der Waals surface area contributed by atoms with Crippen LogP contribution in [0, 0.1) is 12.7 Å². The van der Waals surface area contributed by atoms with E-state index in [0.717, 1.165) is 0 Å². The molecular formula is C19H19ClFNO4S. The molecule has 0 aromatic heterocycles. The van der Waals surface area contributed by atoms with Gasteiger partial charge in [-0.15, -0.1) is 0 Å². The minimum atomic E-state index is -1.42. The van der Waals surface area contributed by atoms with Crippen LogP contribution in [-0.2, 0) is 27.9 Å². The van der Waals surface area contributed by atoms with E-state index in [4.69, 9.17) is 21.1 Å². The SMILES string of the molecule is Cc1ccc(CNC(=O)C[S@@](=O)Cc2cc(Cl)c3c(c2)OCCO3)cc1F. The Kier molecular flexibility index (Phi) is 6.34. The molecule has 0 saturated carbocycles. The fourth-order valence-electron chi connectivity index (χ4n) is 2.63. The summed E-state index contributed by atoms with van der Waals surface area (Å²) in [5.74, 6) is 0.342. The number of benzene rings is 2. The lowest BCUT2D eigenvalue weighted by Gasteiger charge is -2.20. The number of aryl methyl sites for hydroxylation is 1. The maximum atomic E-state index is 13.5. The average Bonchev–Trinajstić information content (AvgIpc) is 2.62. The van der Waals surface area contributed by atoms with Crippen LogP contribution in [-0.4, -0.2) is 29.1 Å². The zero-order chi connectivity index (χ0) is 19.4. The van der Waals surface area contributed by atoms with Crippen molar-refractivity contribution in [2.75, 3.05) is 19.0 Å². The predicted molar refractivity (Wildman–Crippen MR) is 102 cm³/mol. The van der Waals surface area contributed by atoms with Crippen LogP contribution in [0.25, 0.3) is 0 Å². The van der Waals surface area contributed by atoms with Crippen molar-refractivity contribution in [1.82, 2.24) is 5.32 Å². The third-order valence-corrected chi connectivity index (χ3v) is 5.52. The summed E-state index contributed by atoms with van der Waals surface area (Å²) in [7, 11) is -1.42. The summed E-state index contributed by atoms with van der Waals surface area (Å²) in [6.07, 6.45) is 0. The van der Waals surface area contributed by atoms with E-state index in [1.807, 2.05) is 0 Å². The summed E-state index contributed by atoms with van der Waals surface area (Å²) in [5, 5.41) is 3.05. The second-order valence-corrected chi connectivity index (χ2v) is 8.05. The second-order valence-electron chi connectivity index (χ2n) is 6.19. The van der Waals surface area contributed by atoms with Crippen LogP contribution in [0.3, 0.4) is 0 Å². The first kappa shape index (κ1) is 19.6. The lowest BCUT2D eigenvalue weighted by Crippen LogP contribution is -2.28. The number of ether oxygens (including phenoxy) is 2. The Hall–Kier alpha value is -2.12. The molecule has 0 radical (unpaired) electrons. The molecule has 1 aliphatic rings. The van der Waals surface area contributed by atoms with Crippen LogP contribution in [0.15, 0.2) is 30.3 Å². The number of fused-ring (bicyclic) bond motifs is 1. The largest absolute Gasteiger partial charge is 0.486 e. The molecule has 0 fully saturated rings. The van der Waals surface area contributed by atoms with Crippen molar-refractivity contribution in [2.24, 2.45) is 0 Å². The molecule has 1 heterocycles. The molecule has 2 aromatic carbocycles. The lowest BCUT2D eigenvalue weighted by molar-refractivity contribution is -0.118. The van der Waals surface area contributed by atoms with Crippen molar-refractivity contribution >= 4 is 28.3 Å². The highest BCUT2D eigenvalue weighted by Crippen LogP contribution is 2.38. The van der Waals surface area contributed by atoms with Gasteiger partial charge in [0.2, 0.25) is 5.91 Å². The first-order valence-electron chi connectivity index (χ1n) is 8.37. The van der Waals surface area contributed by atoms with Crippen molar-refractivity contribution in [3.8, 4) is 11.5 Å². The van der Waals surface area contributed by atoms with E-state index >= 15 is 0 Å². The summed E-state index contributed by atoms with van der Waals surface area (Å²) in [6, 6.07) is 8.17. The van der Waals surface area contributed by atoms with Gasteiger partial charge in [-0.05, 0) is 41.8 Å². The summed E-state index contributed by atoms with van der Waals surface area (Å²) in [6.45, 7) is 2.72. The highest BCUT2D eigenvalue weighted by Gasteiger charge is 2.18. The van der Waals surface area contributed by atoms with Crippen molar-refractivity contribution in [2.45, 2.75) is 19.2 Å². The average molecular weight is 412 g/mol. The molecule has 0 unspecified atom stereocenters. The van der Waals surface area contributed by atoms with Gasteiger partial charge < -0.3 is 14.8 Å². The summed E-state index contributed by atoms with van der Waals surface area (Å²) < 4.78 is 36.7. The van der Waals surface area contributed by atoms with E-state index in [1.54, 1.807) is 31.2 Å². The Morgan fingerprint density at radius 3 is 2.78 bits per heavy atom. The summed E-state index contributed by atoms with van der Waals surface area (Å²) in [5.41, 5.74) is 1.90. The first-order chi connectivity index (χ1) is 12.9. The maximum Gasteiger partial charge on any atom is 0.232 e. The number of halogens is 2. The second kappa shape index (κ2) is 8.71. The number of rotatable bonds is 6. The molecule has 27 heavy (non-hydrogen) atoms. The minimum Gasteiger partial charge on any atom is -0.486 e. The molecule has 0 bridgehead atoms. The first-order valence-corrected chi connectivity index (χ1v) is 10.2. The van der Waals surface area contributed by atoms with Gasteiger partial charge in [-0.25, -0.2) is 4.39 Å². The van der Waals surface area contributed by atoms with E-state index in [9.17, 15) is 13.4 Å². The quantitative estimate of drug-likeness (QED) is 0.793. The molecule has 1 N–H and O–H groups in total. The van der Waals surface area contributed by atoms with Gasteiger partial charge in [0.05, 0.1) is 5.02 Å². The predicted octanol–water partition coefficient (Wildman–Crippen LogP) is 3.12. The highest BCUT2D eigenvalue weighted by atomic mass is 35.5. The van der Waals surface area contributed by atoms with Crippen molar-refractivity contribution < 1.29 is 22.9 Å². The highest BCUT2D eigenvalue weighted by molar-refractivity contribution is 7.84. The van der Waals surface area contributed by atoms with Crippen LogP contribution in [0.5, 0.6) is 11.5 Å². The molecule has 1 aliphatic heterocycles. The van der Waals surface area contributed by atoms with Crippen LogP contribution in [0.2, 0.25) is 5.02 Å². The Morgan fingerprint density at radius 1 is 1.22 bits per heavy atom. The van der Waals surface area contributed by atoms with E-state index in [-0.39, 0.29) is 29.8 Å². The van der Waals surface area contributed by atoms with E-state index in [1.165, 1.54) is 6.07 Å². The van der Waals surface area contributed by atoms with Crippen molar-refractivity contribution in [1.29, 1.82) is 0 Å². The summed E-state index contributed by atoms with van der Waals surface area (Å²) >= 11 is 6.16. The molecule has 0 aliphatic carbocycles. The van der Waals surface area contributed by atoms with Gasteiger partial charge in [0.15, 0.2) is 11.5 Å². The van der Waals surface area contributed by atoms with Gasteiger partial charge in [-0.1, -0.05) is 23.7 Å². The van der Waals surface area contributed by atoms with E-state index in [0.29, 0.717) is 46.4 Å². The number of carbonyl (C=O) groups excluding carboxylic acids is 1. The topological polar surface area (TPSA) is 64.6 Å². The molecule has 1 atom stereocenters. The normalized spacial score (nSPS) is 13.9. The molecule has 3 rings (SSSR count). The van der Waals surface area contributed by atoms with Crippen LogP contribution in [0.1, 0.15) is 16.7 Å². The number of nitrogens with one attached hydrogen (secondary N) is 1. The Balaban J connectivity index is 1.53. The monoisotopic (exact) mass is 411 g/mol.